The highest BCUT2D eigenvalue weighted by Crippen LogP contribution is 2.23. The fraction of sp³-hybridized carbons (Fsp3) is 0.300. The highest BCUT2D eigenvalue weighted by Gasteiger charge is 2.17. The van der Waals surface area contributed by atoms with E-state index in [2.05, 4.69) is 0 Å². The molecular weight excluding hydrogens is 252 g/mol. The first kappa shape index (κ1) is 13.0. The summed E-state index contributed by atoms with van der Waals surface area (Å²) < 4.78 is 22.6. The predicted octanol–water partition coefficient (Wildman–Crippen LogP) is 2.26. The molecule has 0 heterocycles. The van der Waals surface area contributed by atoms with E-state index in [4.69, 9.17) is 15.8 Å². The lowest BCUT2D eigenvalue weighted by atomic mass is 10.1. The van der Waals surface area contributed by atoms with Gasteiger partial charge in [0, 0.05) is 10.7 Å². The minimum absolute atomic E-state index is 0.0842. The van der Waals surface area contributed by atoms with E-state index >= 15 is 0 Å². The average Bonchev–Trinajstić information content (AvgIpc) is 2.16. The summed E-state index contributed by atoms with van der Waals surface area (Å²) in [6, 6.07) is 3.96. The zero-order chi connectivity index (χ0) is 12.3. The second-order valence-electron chi connectivity index (χ2n) is 3.32. The van der Waals surface area contributed by atoms with Crippen LogP contribution in [0.25, 0.3) is 0 Å². The molecule has 0 unspecified atom stereocenters. The molecule has 0 amide bonds. The third kappa shape index (κ3) is 2.96. The van der Waals surface area contributed by atoms with Gasteiger partial charge in [0.15, 0.2) is 0 Å². The molecule has 0 atom stereocenters. The number of carbonyl (C=O) groups is 1. The zero-order valence-corrected chi connectivity index (χ0v) is 10.2. The van der Waals surface area contributed by atoms with Crippen LogP contribution in [0.3, 0.4) is 0 Å². The first-order chi connectivity index (χ1) is 7.36. The molecule has 16 heavy (non-hydrogen) atoms. The third-order valence-corrected chi connectivity index (χ3v) is 3.50. The van der Waals surface area contributed by atoms with E-state index in [0.717, 1.165) is 12.5 Å². The molecule has 0 bridgehead atoms. The molecule has 1 aromatic carbocycles. The van der Waals surface area contributed by atoms with Crippen molar-refractivity contribution in [3.05, 3.63) is 29.3 Å². The molecule has 0 saturated carbocycles. The van der Waals surface area contributed by atoms with Crippen molar-refractivity contribution in [2.24, 2.45) is 0 Å². The van der Waals surface area contributed by atoms with Gasteiger partial charge in [0.1, 0.15) is 0 Å². The maximum absolute atomic E-state index is 11.3. The van der Waals surface area contributed by atoms with Crippen molar-refractivity contribution in [1.82, 2.24) is 0 Å². The second-order valence-corrected chi connectivity index (χ2v) is 5.85. The number of benzene rings is 1. The molecule has 0 aliphatic carbocycles. The molecule has 88 valence electrons. The van der Waals surface area contributed by atoms with Crippen LogP contribution in [0.15, 0.2) is 23.1 Å². The summed E-state index contributed by atoms with van der Waals surface area (Å²) in [5.41, 5.74) is 0.460. The number of hydrogen-bond donors (Lipinski definition) is 1. The smallest absolute Gasteiger partial charge is 0.335 e. The summed E-state index contributed by atoms with van der Waals surface area (Å²) in [4.78, 5) is 10.6. The quantitative estimate of drug-likeness (QED) is 0.845. The van der Waals surface area contributed by atoms with Crippen LogP contribution < -0.4 is 0 Å². The Balaban J connectivity index is 3.39. The number of hydrogen-bond acceptors (Lipinski definition) is 3. The predicted molar refractivity (Wildman–Crippen MR) is 60.4 cm³/mol. The van der Waals surface area contributed by atoms with Gasteiger partial charge in [-0.25, -0.2) is 13.2 Å². The van der Waals surface area contributed by atoms with Crippen molar-refractivity contribution in [2.45, 2.75) is 24.7 Å². The SMILES string of the molecule is CCCc1ccc(C(=O)O)cc1S(=O)(=O)Cl. The van der Waals surface area contributed by atoms with E-state index in [1.807, 2.05) is 6.92 Å². The molecule has 0 fully saturated rings. The fourth-order valence-electron chi connectivity index (χ4n) is 1.39. The van der Waals surface area contributed by atoms with E-state index in [9.17, 15) is 13.2 Å². The van der Waals surface area contributed by atoms with Gasteiger partial charge in [-0.1, -0.05) is 19.4 Å². The van der Waals surface area contributed by atoms with Gasteiger partial charge in [-0.3, -0.25) is 0 Å². The van der Waals surface area contributed by atoms with Gasteiger partial charge in [-0.2, -0.15) is 0 Å². The van der Waals surface area contributed by atoms with Crippen LogP contribution in [0.2, 0.25) is 0 Å². The molecule has 4 nitrogen and oxygen atoms in total. The lowest BCUT2D eigenvalue weighted by molar-refractivity contribution is 0.0696. The Hall–Kier alpha value is -1.07. The molecule has 0 aliphatic heterocycles. The van der Waals surface area contributed by atoms with Gasteiger partial charge in [-0.15, -0.1) is 0 Å². The Kier molecular flexibility index (Phi) is 3.93. The lowest BCUT2D eigenvalue weighted by Crippen LogP contribution is -2.03. The molecule has 1 aromatic rings. The number of carboxylic acid groups (broad SMARTS) is 1. The number of halogens is 1. The maximum atomic E-state index is 11.3. The summed E-state index contributed by atoms with van der Waals surface area (Å²) in [7, 11) is 1.35. The third-order valence-electron chi connectivity index (χ3n) is 2.10. The van der Waals surface area contributed by atoms with Crippen LogP contribution in [-0.2, 0) is 15.5 Å². The Morgan fingerprint density at radius 3 is 2.50 bits per heavy atom. The van der Waals surface area contributed by atoms with Gasteiger partial charge in [0.05, 0.1) is 10.5 Å². The van der Waals surface area contributed by atoms with E-state index in [1.54, 1.807) is 0 Å². The molecule has 0 saturated heterocycles. The first-order valence-corrected chi connectivity index (χ1v) is 6.98. The van der Waals surface area contributed by atoms with Crippen molar-refractivity contribution in [3.63, 3.8) is 0 Å². The lowest BCUT2D eigenvalue weighted by Gasteiger charge is -2.06. The number of aryl methyl sites for hydroxylation is 1. The first-order valence-electron chi connectivity index (χ1n) is 4.67. The number of carboxylic acids is 1. The highest BCUT2D eigenvalue weighted by molar-refractivity contribution is 8.13. The average molecular weight is 263 g/mol. The van der Waals surface area contributed by atoms with E-state index in [1.165, 1.54) is 12.1 Å². The Bertz CT molecular complexity index is 508. The van der Waals surface area contributed by atoms with Gasteiger partial charge >= 0.3 is 5.97 Å². The summed E-state index contributed by atoms with van der Waals surface area (Å²) in [5, 5.41) is 8.76. The van der Waals surface area contributed by atoms with Crippen molar-refractivity contribution < 1.29 is 18.3 Å². The number of aromatic carboxylic acids is 1. The molecule has 0 radical (unpaired) electrons. The van der Waals surface area contributed by atoms with Crippen molar-refractivity contribution >= 4 is 25.7 Å². The van der Waals surface area contributed by atoms with Crippen molar-refractivity contribution in [3.8, 4) is 0 Å². The monoisotopic (exact) mass is 262 g/mol. The Morgan fingerprint density at radius 2 is 2.06 bits per heavy atom. The number of rotatable bonds is 4. The maximum Gasteiger partial charge on any atom is 0.335 e. The van der Waals surface area contributed by atoms with E-state index in [0.29, 0.717) is 12.0 Å². The fourth-order valence-corrected chi connectivity index (χ4v) is 2.57. The summed E-state index contributed by atoms with van der Waals surface area (Å²) >= 11 is 0. The van der Waals surface area contributed by atoms with Gasteiger partial charge in [0.2, 0.25) is 0 Å². The van der Waals surface area contributed by atoms with Gasteiger partial charge in [-0.05, 0) is 24.1 Å². The van der Waals surface area contributed by atoms with Crippen LogP contribution in [0.4, 0.5) is 0 Å². The molecule has 1 N–H and O–H groups in total. The van der Waals surface area contributed by atoms with Crippen LogP contribution in [0.5, 0.6) is 0 Å². The molecular formula is C10H11ClO4S. The summed E-state index contributed by atoms with van der Waals surface area (Å²) in [5.74, 6) is -1.18. The Labute approximate surface area is 98.3 Å². The minimum atomic E-state index is -3.90. The van der Waals surface area contributed by atoms with E-state index in [-0.39, 0.29) is 10.5 Å². The van der Waals surface area contributed by atoms with Crippen molar-refractivity contribution in [2.75, 3.05) is 0 Å². The normalized spacial score (nSPS) is 11.4. The highest BCUT2D eigenvalue weighted by atomic mass is 35.7. The summed E-state index contributed by atoms with van der Waals surface area (Å²) in [6.07, 6.45) is 1.30. The van der Waals surface area contributed by atoms with Crippen LogP contribution in [-0.4, -0.2) is 19.5 Å². The topological polar surface area (TPSA) is 71.4 Å². The molecule has 0 aliphatic rings. The molecule has 0 aromatic heterocycles. The van der Waals surface area contributed by atoms with Gasteiger partial charge in [0.25, 0.3) is 9.05 Å². The van der Waals surface area contributed by atoms with Crippen LogP contribution in [0.1, 0.15) is 29.3 Å². The van der Waals surface area contributed by atoms with Crippen LogP contribution in [0, 0.1) is 0 Å². The van der Waals surface area contributed by atoms with Gasteiger partial charge < -0.3 is 5.11 Å². The van der Waals surface area contributed by atoms with Crippen molar-refractivity contribution in [1.29, 1.82) is 0 Å². The Morgan fingerprint density at radius 1 is 1.44 bits per heavy atom. The zero-order valence-electron chi connectivity index (χ0n) is 8.60. The summed E-state index contributed by atoms with van der Waals surface area (Å²) in [6.45, 7) is 1.90. The second kappa shape index (κ2) is 4.84. The van der Waals surface area contributed by atoms with E-state index < -0.39 is 15.0 Å². The molecule has 0 spiro atoms. The molecule has 1 rings (SSSR count). The standard InChI is InChI=1S/C10H11ClO4S/c1-2-3-7-4-5-8(10(12)13)6-9(7)16(11,14)15/h4-6H,2-3H2,1H3,(H,12,13). The van der Waals surface area contributed by atoms with Crippen LogP contribution >= 0.6 is 10.7 Å². The largest absolute Gasteiger partial charge is 0.478 e. The minimum Gasteiger partial charge on any atom is -0.478 e. The molecule has 6 heteroatoms.